The van der Waals surface area contributed by atoms with Gasteiger partial charge >= 0.3 is 0 Å². The summed E-state index contributed by atoms with van der Waals surface area (Å²) < 4.78 is 27.9. The van der Waals surface area contributed by atoms with E-state index >= 15 is 0 Å². The van der Waals surface area contributed by atoms with Crippen LogP contribution in [0, 0.1) is 0 Å². The monoisotopic (exact) mass is 483 g/mol. The molecule has 0 unspecified atom stereocenters. The fourth-order valence-corrected chi connectivity index (χ4v) is 5.13. The van der Waals surface area contributed by atoms with Crippen LogP contribution in [0.3, 0.4) is 0 Å². The summed E-state index contributed by atoms with van der Waals surface area (Å²) in [5.41, 5.74) is 1.65. The molecule has 0 aliphatic heterocycles. The van der Waals surface area contributed by atoms with E-state index in [1.807, 2.05) is 26.0 Å². The lowest BCUT2D eigenvalue weighted by Crippen LogP contribution is -2.35. The van der Waals surface area contributed by atoms with Gasteiger partial charge in [0.05, 0.1) is 10.6 Å². The average Bonchev–Trinajstić information content (AvgIpc) is 2.83. The Kier molecular flexibility index (Phi) is 7.82. The molecule has 182 valence electrons. The number of hydrogen-bond acceptors (Lipinski definition) is 4. The summed E-state index contributed by atoms with van der Waals surface area (Å²) in [5, 5.41) is 0.170. The van der Waals surface area contributed by atoms with Crippen LogP contribution in [-0.4, -0.2) is 44.3 Å². The van der Waals surface area contributed by atoms with E-state index in [1.165, 1.54) is 29.7 Å². The number of benzene rings is 2. The maximum Gasteiger partial charge on any atom is 0.264 e. The van der Waals surface area contributed by atoms with Gasteiger partial charge in [0.2, 0.25) is 5.43 Å². The summed E-state index contributed by atoms with van der Waals surface area (Å²) in [4.78, 5) is 30.9. The minimum absolute atomic E-state index is 0.00972. The lowest BCUT2D eigenvalue weighted by Gasteiger charge is -2.21. The molecule has 0 spiro atoms. The minimum atomic E-state index is -3.91. The number of carbonyl (C=O) groups is 1. The van der Waals surface area contributed by atoms with Gasteiger partial charge in [-0.3, -0.25) is 13.9 Å². The van der Waals surface area contributed by atoms with Crippen molar-refractivity contribution in [3.63, 3.8) is 0 Å². The maximum absolute atomic E-state index is 13.3. The molecule has 1 heterocycles. The predicted octanol–water partition coefficient (Wildman–Crippen LogP) is 4.74. The van der Waals surface area contributed by atoms with Crippen LogP contribution in [0.2, 0.25) is 0 Å². The second kappa shape index (κ2) is 10.4. The van der Waals surface area contributed by atoms with Crippen molar-refractivity contribution >= 4 is 32.5 Å². The van der Waals surface area contributed by atoms with Crippen LogP contribution in [0.15, 0.2) is 58.4 Å². The van der Waals surface area contributed by atoms with Gasteiger partial charge < -0.3 is 9.88 Å². The number of pyridine rings is 1. The van der Waals surface area contributed by atoms with E-state index in [0.717, 1.165) is 18.4 Å². The molecule has 2 aromatic carbocycles. The predicted molar refractivity (Wildman–Crippen MR) is 137 cm³/mol. The minimum Gasteiger partial charge on any atom is -0.360 e. The second-order valence-corrected chi connectivity index (χ2v) is 10.7. The van der Waals surface area contributed by atoms with Crippen LogP contribution >= 0.6 is 0 Å². The third kappa shape index (κ3) is 5.01. The van der Waals surface area contributed by atoms with Gasteiger partial charge in [0.1, 0.15) is 5.56 Å². The number of fused-ring (bicyclic) bond motifs is 1. The van der Waals surface area contributed by atoms with Crippen molar-refractivity contribution in [2.24, 2.45) is 0 Å². The first-order chi connectivity index (χ1) is 16.1. The number of carbonyl (C=O) groups excluding carboxylic acids is 1. The topological polar surface area (TPSA) is 90.6 Å². The molecule has 0 saturated heterocycles. The molecule has 7 nitrogen and oxygen atoms in total. The Bertz CT molecular complexity index is 1320. The van der Waals surface area contributed by atoms with Gasteiger partial charge in [-0.25, -0.2) is 8.42 Å². The van der Waals surface area contributed by atoms with Gasteiger partial charge in [0.25, 0.3) is 15.9 Å². The third-order valence-electron chi connectivity index (χ3n) is 5.94. The first kappa shape index (κ1) is 25.5. The number of amides is 1. The van der Waals surface area contributed by atoms with Crippen LogP contribution in [0.1, 0.15) is 62.4 Å². The van der Waals surface area contributed by atoms with E-state index in [9.17, 15) is 18.0 Å². The second-order valence-electron chi connectivity index (χ2n) is 8.75. The number of sulfonamides is 1. The number of anilines is 1. The highest BCUT2D eigenvalue weighted by atomic mass is 32.2. The average molecular weight is 484 g/mol. The molecule has 0 bridgehead atoms. The Morgan fingerprint density at radius 2 is 1.62 bits per heavy atom. The molecule has 1 N–H and O–H groups in total. The van der Waals surface area contributed by atoms with Crippen molar-refractivity contribution in [3.05, 3.63) is 70.0 Å². The van der Waals surface area contributed by atoms with Crippen molar-refractivity contribution in [2.45, 2.75) is 51.3 Å². The van der Waals surface area contributed by atoms with Gasteiger partial charge in [0.15, 0.2) is 0 Å². The fraction of sp³-hybridized carbons (Fsp3) is 0.385. The molecule has 3 aromatic rings. The highest BCUT2D eigenvalue weighted by Crippen LogP contribution is 2.25. The highest BCUT2D eigenvalue weighted by molar-refractivity contribution is 7.92. The van der Waals surface area contributed by atoms with Gasteiger partial charge in [-0.1, -0.05) is 39.8 Å². The molecule has 0 atom stereocenters. The molecular formula is C26H33N3O4S. The Balaban J connectivity index is 2.02. The Labute approximate surface area is 201 Å². The Hall–Kier alpha value is -3.13. The van der Waals surface area contributed by atoms with E-state index in [-0.39, 0.29) is 21.8 Å². The molecule has 1 aromatic heterocycles. The van der Waals surface area contributed by atoms with E-state index in [2.05, 4.69) is 18.8 Å². The first-order valence-electron chi connectivity index (χ1n) is 11.6. The molecule has 3 rings (SSSR count). The van der Waals surface area contributed by atoms with E-state index in [1.54, 1.807) is 23.1 Å². The van der Waals surface area contributed by atoms with Gasteiger partial charge in [-0.2, -0.15) is 0 Å². The number of H-pyrrole nitrogens is 1. The first-order valence-corrected chi connectivity index (χ1v) is 13.1. The van der Waals surface area contributed by atoms with Gasteiger partial charge in [-0.05, 0) is 54.7 Å². The number of aromatic amines is 1. The van der Waals surface area contributed by atoms with Gasteiger partial charge in [0, 0.05) is 37.2 Å². The van der Waals surface area contributed by atoms with Crippen LogP contribution in [0.5, 0.6) is 0 Å². The highest BCUT2D eigenvalue weighted by Gasteiger charge is 2.24. The summed E-state index contributed by atoms with van der Waals surface area (Å²) >= 11 is 0. The van der Waals surface area contributed by atoms with Crippen LogP contribution < -0.4 is 9.73 Å². The molecule has 0 radical (unpaired) electrons. The van der Waals surface area contributed by atoms with Crippen LogP contribution in [0.4, 0.5) is 5.69 Å². The maximum atomic E-state index is 13.3. The van der Waals surface area contributed by atoms with Crippen molar-refractivity contribution < 1.29 is 13.2 Å². The summed E-state index contributed by atoms with van der Waals surface area (Å²) in [7, 11) is -2.43. The molecule has 0 aliphatic carbocycles. The standard InChI is InChI=1S/C26H33N3O4S/c1-6-14-29(15-7-2)26(31)23-17-27-24-13-12-21(16-22(24)25(23)30)34(32,33)28(5)20-10-8-19(9-11-20)18(3)4/h8-13,16-18H,6-7,14-15H2,1-5H3,(H,27,30). The molecule has 1 amide bonds. The van der Waals surface area contributed by atoms with Crippen molar-refractivity contribution in [3.8, 4) is 0 Å². The largest absolute Gasteiger partial charge is 0.360 e. The zero-order chi connectivity index (χ0) is 25.0. The van der Waals surface area contributed by atoms with Crippen LogP contribution in [-0.2, 0) is 10.0 Å². The zero-order valence-corrected chi connectivity index (χ0v) is 21.3. The fourth-order valence-electron chi connectivity index (χ4n) is 3.91. The Morgan fingerprint density at radius 1 is 1.00 bits per heavy atom. The quantitative estimate of drug-likeness (QED) is 0.476. The van der Waals surface area contributed by atoms with E-state index in [4.69, 9.17) is 0 Å². The normalized spacial score (nSPS) is 11.7. The summed E-state index contributed by atoms with van der Waals surface area (Å²) in [5.74, 6) is -0.00636. The summed E-state index contributed by atoms with van der Waals surface area (Å²) in [6.07, 6.45) is 2.98. The summed E-state index contributed by atoms with van der Waals surface area (Å²) in [6.45, 7) is 9.21. The van der Waals surface area contributed by atoms with Crippen molar-refractivity contribution in [2.75, 3.05) is 24.4 Å². The van der Waals surface area contributed by atoms with Gasteiger partial charge in [-0.15, -0.1) is 0 Å². The van der Waals surface area contributed by atoms with Crippen molar-refractivity contribution in [1.29, 1.82) is 0 Å². The van der Waals surface area contributed by atoms with E-state index in [0.29, 0.717) is 30.2 Å². The van der Waals surface area contributed by atoms with E-state index < -0.39 is 15.5 Å². The third-order valence-corrected chi connectivity index (χ3v) is 7.72. The van der Waals surface area contributed by atoms with Crippen molar-refractivity contribution in [1.82, 2.24) is 9.88 Å². The number of rotatable bonds is 9. The SMILES string of the molecule is CCCN(CCC)C(=O)c1c[nH]c2ccc(S(=O)(=O)N(C)c3ccc(C(C)C)cc3)cc2c1=O. The number of hydrogen-bond donors (Lipinski definition) is 1. The number of nitrogens with zero attached hydrogens (tertiary/aromatic N) is 2. The number of nitrogens with one attached hydrogen (secondary N) is 1. The Morgan fingerprint density at radius 3 is 2.18 bits per heavy atom. The molecule has 34 heavy (non-hydrogen) atoms. The lowest BCUT2D eigenvalue weighted by atomic mass is 10.0. The summed E-state index contributed by atoms with van der Waals surface area (Å²) in [6, 6.07) is 11.7. The van der Waals surface area contributed by atoms with Crippen LogP contribution in [0.25, 0.3) is 10.9 Å². The zero-order valence-electron chi connectivity index (χ0n) is 20.5. The smallest absolute Gasteiger partial charge is 0.264 e. The molecule has 0 aliphatic rings. The molecule has 8 heteroatoms. The molecule has 0 saturated carbocycles. The lowest BCUT2D eigenvalue weighted by molar-refractivity contribution is 0.0754. The number of aromatic nitrogens is 1. The molecular weight excluding hydrogens is 450 g/mol. The molecule has 0 fully saturated rings.